The molecule has 1 atom stereocenters. The van der Waals surface area contributed by atoms with Crippen LogP contribution in [0.3, 0.4) is 0 Å². The Morgan fingerprint density at radius 2 is 2.00 bits per heavy atom. The molecule has 0 bridgehead atoms. The van der Waals surface area contributed by atoms with Gasteiger partial charge in [-0.15, -0.1) is 0 Å². The van der Waals surface area contributed by atoms with Gasteiger partial charge >= 0.3 is 9.05 Å². The summed E-state index contributed by atoms with van der Waals surface area (Å²) in [5, 5.41) is 0. The van der Waals surface area contributed by atoms with Crippen molar-refractivity contribution in [3.63, 3.8) is 0 Å². The van der Waals surface area contributed by atoms with Crippen molar-refractivity contribution in [1.29, 1.82) is 0 Å². The first kappa shape index (κ1) is 10.2. The molecule has 0 aliphatic heterocycles. The van der Waals surface area contributed by atoms with Crippen LogP contribution < -0.4 is 4.18 Å². The summed E-state index contributed by atoms with van der Waals surface area (Å²) >= 11 is 4.17. The summed E-state index contributed by atoms with van der Waals surface area (Å²) in [6.07, 6.45) is 1.66. The van der Waals surface area contributed by atoms with Crippen molar-refractivity contribution >= 4 is 26.3 Å². The zero-order valence-electron chi connectivity index (χ0n) is 6.67. The lowest BCUT2D eigenvalue weighted by Crippen LogP contribution is -2.04. The molecule has 1 aromatic carbocycles. The fraction of sp³-hybridized carbons (Fsp3) is 0. The third-order valence-electron chi connectivity index (χ3n) is 1.32. The van der Waals surface area contributed by atoms with Crippen LogP contribution in [0.15, 0.2) is 30.8 Å². The van der Waals surface area contributed by atoms with Gasteiger partial charge < -0.3 is 4.18 Å². The number of rotatable bonds is 3. The van der Waals surface area contributed by atoms with E-state index in [-0.39, 0.29) is 5.75 Å². The smallest absolute Gasteiger partial charge is 0.311 e. The van der Waals surface area contributed by atoms with Crippen molar-refractivity contribution in [2.75, 3.05) is 0 Å². The van der Waals surface area contributed by atoms with Crippen LogP contribution in [-0.2, 0) is 20.2 Å². The standard InChI is InChI=1S/C8H8O3S2/c1-2-7-3-5-8(6-4-7)11-13(9,10)12/h2-6H,1H2,(H,9,10,12). The predicted octanol–water partition coefficient (Wildman–Crippen LogP) is 1.84. The molecule has 0 saturated carbocycles. The molecule has 0 saturated heterocycles. The predicted molar refractivity (Wildman–Crippen MR) is 55.3 cm³/mol. The summed E-state index contributed by atoms with van der Waals surface area (Å²) in [4.78, 5) is 0. The van der Waals surface area contributed by atoms with Crippen molar-refractivity contribution in [3.8, 4) is 5.75 Å². The Morgan fingerprint density at radius 3 is 2.38 bits per heavy atom. The van der Waals surface area contributed by atoms with Gasteiger partial charge in [-0.3, -0.25) is 4.55 Å². The highest BCUT2D eigenvalue weighted by Crippen LogP contribution is 2.14. The minimum absolute atomic E-state index is 0.271. The molecular weight excluding hydrogens is 208 g/mol. The van der Waals surface area contributed by atoms with E-state index in [1.165, 1.54) is 0 Å². The van der Waals surface area contributed by atoms with Gasteiger partial charge in [-0.1, -0.05) is 24.8 Å². The van der Waals surface area contributed by atoms with Gasteiger partial charge in [0.1, 0.15) is 5.75 Å². The zero-order chi connectivity index (χ0) is 9.90. The van der Waals surface area contributed by atoms with E-state index in [9.17, 15) is 4.21 Å². The Labute approximate surface area is 81.7 Å². The maximum Gasteiger partial charge on any atom is 0.311 e. The Hall–Kier alpha value is -0.910. The van der Waals surface area contributed by atoms with E-state index in [1.807, 2.05) is 0 Å². The normalized spacial score (nSPS) is 14.5. The fourth-order valence-electron chi connectivity index (χ4n) is 0.781. The van der Waals surface area contributed by atoms with E-state index in [2.05, 4.69) is 22.0 Å². The summed E-state index contributed by atoms with van der Waals surface area (Å²) in [6.45, 7) is 3.57. The maximum atomic E-state index is 10.6. The molecule has 0 amide bonds. The molecule has 1 rings (SSSR count). The van der Waals surface area contributed by atoms with Crippen LogP contribution in [0.1, 0.15) is 5.56 Å². The molecule has 13 heavy (non-hydrogen) atoms. The number of hydrogen-bond acceptors (Lipinski definition) is 3. The molecular formula is C8H8O3S2. The van der Waals surface area contributed by atoms with E-state index in [0.29, 0.717) is 0 Å². The Kier molecular flexibility index (Phi) is 3.02. The molecule has 1 aromatic rings. The molecule has 5 heteroatoms. The van der Waals surface area contributed by atoms with E-state index >= 15 is 0 Å². The molecule has 1 unspecified atom stereocenters. The second-order valence-corrected chi connectivity index (χ2v) is 4.57. The Morgan fingerprint density at radius 1 is 1.46 bits per heavy atom. The van der Waals surface area contributed by atoms with E-state index in [1.54, 1.807) is 30.3 Å². The van der Waals surface area contributed by atoms with Gasteiger partial charge in [0.05, 0.1) is 11.2 Å². The average Bonchev–Trinajstić information content (AvgIpc) is 2.03. The summed E-state index contributed by atoms with van der Waals surface area (Å²) < 4.78 is 23.9. The lowest BCUT2D eigenvalue weighted by atomic mass is 10.2. The van der Waals surface area contributed by atoms with Crippen LogP contribution in [0.25, 0.3) is 6.08 Å². The van der Waals surface area contributed by atoms with Crippen molar-refractivity contribution in [2.24, 2.45) is 0 Å². The topological polar surface area (TPSA) is 46.5 Å². The molecule has 1 N–H and O–H groups in total. The van der Waals surface area contributed by atoms with Gasteiger partial charge in [0.15, 0.2) is 0 Å². The van der Waals surface area contributed by atoms with Crippen molar-refractivity contribution < 1.29 is 12.9 Å². The molecule has 0 aliphatic carbocycles. The lowest BCUT2D eigenvalue weighted by molar-refractivity contribution is 0.454. The molecule has 0 fully saturated rings. The highest BCUT2D eigenvalue weighted by molar-refractivity contribution is 8.27. The van der Waals surface area contributed by atoms with E-state index in [0.717, 1.165) is 5.56 Å². The summed E-state index contributed by atoms with van der Waals surface area (Å²) in [5.41, 5.74) is 0.904. The molecule has 0 spiro atoms. The van der Waals surface area contributed by atoms with Gasteiger partial charge in [0, 0.05) is 0 Å². The van der Waals surface area contributed by atoms with Crippen molar-refractivity contribution in [2.45, 2.75) is 0 Å². The molecule has 3 nitrogen and oxygen atoms in total. The van der Waals surface area contributed by atoms with Gasteiger partial charge in [0.2, 0.25) is 0 Å². The third kappa shape index (κ3) is 3.54. The van der Waals surface area contributed by atoms with Crippen LogP contribution in [-0.4, -0.2) is 8.76 Å². The first-order valence-corrected chi connectivity index (χ1v) is 5.77. The van der Waals surface area contributed by atoms with E-state index in [4.69, 9.17) is 4.55 Å². The number of benzene rings is 1. The van der Waals surface area contributed by atoms with Crippen molar-refractivity contribution in [1.82, 2.24) is 0 Å². The monoisotopic (exact) mass is 216 g/mol. The average molecular weight is 216 g/mol. The van der Waals surface area contributed by atoms with Gasteiger partial charge in [-0.05, 0) is 17.7 Å². The summed E-state index contributed by atoms with van der Waals surface area (Å²) in [5.74, 6) is 0.271. The van der Waals surface area contributed by atoms with Gasteiger partial charge in [0.25, 0.3) is 0 Å². The first-order valence-electron chi connectivity index (χ1n) is 3.40. The molecule has 70 valence electrons. The van der Waals surface area contributed by atoms with Crippen LogP contribution in [0.4, 0.5) is 0 Å². The molecule has 0 heterocycles. The Bertz CT molecular complexity index is 392. The van der Waals surface area contributed by atoms with Crippen molar-refractivity contribution in [3.05, 3.63) is 36.4 Å². The SMILES string of the molecule is C=Cc1ccc(OS(=O)(O)=S)cc1. The highest BCUT2D eigenvalue weighted by Gasteiger charge is 2.01. The van der Waals surface area contributed by atoms with Gasteiger partial charge in [-0.25, -0.2) is 0 Å². The van der Waals surface area contributed by atoms with Crippen LogP contribution >= 0.6 is 0 Å². The highest BCUT2D eigenvalue weighted by atomic mass is 32.9. The Balaban J connectivity index is 2.87. The minimum atomic E-state index is -3.59. The largest absolute Gasteiger partial charge is 0.382 e. The van der Waals surface area contributed by atoms with Crippen LogP contribution in [0.2, 0.25) is 0 Å². The third-order valence-corrected chi connectivity index (χ3v) is 1.92. The summed E-state index contributed by atoms with van der Waals surface area (Å²) in [6, 6.07) is 6.53. The lowest BCUT2D eigenvalue weighted by Gasteiger charge is -2.02. The molecule has 0 aromatic heterocycles. The molecule has 0 aliphatic rings. The van der Waals surface area contributed by atoms with Crippen LogP contribution in [0.5, 0.6) is 5.75 Å². The quantitative estimate of drug-likeness (QED) is 0.837. The first-order chi connectivity index (χ1) is 6.01. The molecule has 0 radical (unpaired) electrons. The number of hydrogen-bond donors (Lipinski definition) is 1. The zero-order valence-corrected chi connectivity index (χ0v) is 8.31. The second-order valence-electron chi connectivity index (χ2n) is 2.28. The maximum absolute atomic E-state index is 10.6. The van der Waals surface area contributed by atoms with Crippen LogP contribution in [0, 0.1) is 0 Å². The second kappa shape index (κ2) is 3.87. The summed E-state index contributed by atoms with van der Waals surface area (Å²) in [7, 11) is -3.59. The van der Waals surface area contributed by atoms with Gasteiger partial charge in [-0.2, -0.15) is 4.21 Å². The fourth-order valence-corrected chi connectivity index (χ4v) is 1.37. The van der Waals surface area contributed by atoms with E-state index < -0.39 is 9.05 Å². The minimum Gasteiger partial charge on any atom is -0.382 e.